The monoisotopic (exact) mass is 259 g/mol. The van der Waals surface area contributed by atoms with Crippen molar-refractivity contribution in [2.24, 2.45) is 12.8 Å². The van der Waals surface area contributed by atoms with Gasteiger partial charge in [0.2, 0.25) is 10.0 Å². The maximum Gasteiger partial charge on any atom is 0.244 e. The molecule has 0 bridgehead atoms. The SMILES string of the molecule is CCCCN(C)S(=O)(=O)c1cc(CN)n(C)c1. The number of hydrogen-bond acceptors (Lipinski definition) is 3. The Bertz CT molecular complexity index is 465. The van der Waals surface area contributed by atoms with Gasteiger partial charge in [0, 0.05) is 39.1 Å². The van der Waals surface area contributed by atoms with Gasteiger partial charge in [-0.3, -0.25) is 0 Å². The third-order valence-corrected chi connectivity index (χ3v) is 4.65. The van der Waals surface area contributed by atoms with E-state index in [4.69, 9.17) is 5.73 Å². The molecule has 1 rings (SSSR count). The summed E-state index contributed by atoms with van der Waals surface area (Å²) in [5.74, 6) is 0. The quantitative estimate of drug-likeness (QED) is 0.825. The Kier molecular flexibility index (Phi) is 4.73. The van der Waals surface area contributed by atoms with E-state index in [0.717, 1.165) is 18.5 Å². The number of unbranched alkanes of at least 4 members (excludes halogenated alkanes) is 1. The summed E-state index contributed by atoms with van der Waals surface area (Å²) in [7, 11) is 0.0440. The molecule has 1 aromatic rings. The number of sulfonamides is 1. The molecule has 1 aromatic heterocycles. The van der Waals surface area contributed by atoms with Crippen LogP contribution >= 0.6 is 0 Å². The Morgan fingerprint density at radius 3 is 2.59 bits per heavy atom. The molecule has 0 spiro atoms. The summed E-state index contributed by atoms with van der Waals surface area (Å²) in [4.78, 5) is 0.319. The largest absolute Gasteiger partial charge is 0.352 e. The Labute approximate surface area is 103 Å². The standard InChI is InChI=1S/C11H21N3O2S/c1-4-5-6-14(3)17(15,16)11-7-10(8-12)13(2)9-11/h7,9H,4-6,8,12H2,1-3H3. The van der Waals surface area contributed by atoms with Crippen molar-refractivity contribution in [2.75, 3.05) is 13.6 Å². The van der Waals surface area contributed by atoms with E-state index in [2.05, 4.69) is 0 Å². The van der Waals surface area contributed by atoms with E-state index >= 15 is 0 Å². The van der Waals surface area contributed by atoms with Crippen LogP contribution in [0.5, 0.6) is 0 Å². The third kappa shape index (κ3) is 3.08. The third-order valence-electron chi connectivity index (χ3n) is 2.83. The van der Waals surface area contributed by atoms with Crippen molar-refractivity contribution in [3.8, 4) is 0 Å². The minimum absolute atomic E-state index is 0.319. The van der Waals surface area contributed by atoms with Gasteiger partial charge in [-0.2, -0.15) is 0 Å². The normalized spacial score (nSPS) is 12.3. The van der Waals surface area contributed by atoms with Crippen LogP contribution in [0, 0.1) is 0 Å². The fourth-order valence-corrected chi connectivity index (χ4v) is 2.91. The van der Waals surface area contributed by atoms with Crippen LogP contribution < -0.4 is 5.73 Å². The first-order valence-corrected chi connectivity index (χ1v) is 7.19. The van der Waals surface area contributed by atoms with Crippen molar-refractivity contribution in [3.63, 3.8) is 0 Å². The Balaban J connectivity index is 2.96. The van der Waals surface area contributed by atoms with E-state index in [0.29, 0.717) is 18.0 Å². The van der Waals surface area contributed by atoms with Crippen LogP contribution in [0.25, 0.3) is 0 Å². The molecular weight excluding hydrogens is 238 g/mol. The number of aryl methyl sites for hydroxylation is 1. The van der Waals surface area contributed by atoms with Crippen LogP contribution in [0.3, 0.4) is 0 Å². The molecule has 0 fully saturated rings. The van der Waals surface area contributed by atoms with Crippen molar-refractivity contribution < 1.29 is 8.42 Å². The molecule has 0 aliphatic rings. The van der Waals surface area contributed by atoms with Gasteiger partial charge < -0.3 is 10.3 Å². The minimum atomic E-state index is -3.37. The zero-order valence-corrected chi connectivity index (χ0v) is 11.5. The van der Waals surface area contributed by atoms with Gasteiger partial charge in [-0.15, -0.1) is 0 Å². The first kappa shape index (κ1) is 14.2. The summed E-state index contributed by atoms with van der Waals surface area (Å²) < 4.78 is 27.5. The molecule has 0 unspecified atom stereocenters. The molecular formula is C11H21N3O2S. The van der Waals surface area contributed by atoms with Crippen molar-refractivity contribution in [2.45, 2.75) is 31.2 Å². The van der Waals surface area contributed by atoms with E-state index in [-0.39, 0.29) is 0 Å². The first-order chi connectivity index (χ1) is 7.93. The zero-order valence-electron chi connectivity index (χ0n) is 10.7. The van der Waals surface area contributed by atoms with Crippen LogP contribution in [-0.4, -0.2) is 30.9 Å². The van der Waals surface area contributed by atoms with Crippen LogP contribution in [-0.2, 0) is 23.6 Å². The molecule has 0 atom stereocenters. The fraction of sp³-hybridized carbons (Fsp3) is 0.636. The maximum atomic E-state index is 12.2. The lowest BCUT2D eigenvalue weighted by atomic mass is 10.3. The maximum absolute atomic E-state index is 12.2. The molecule has 0 saturated heterocycles. The lowest BCUT2D eigenvalue weighted by Crippen LogP contribution is -2.27. The van der Waals surface area contributed by atoms with Gasteiger partial charge in [0.15, 0.2) is 0 Å². The van der Waals surface area contributed by atoms with Crippen LogP contribution in [0.2, 0.25) is 0 Å². The van der Waals surface area contributed by atoms with E-state index in [9.17, 15) is 8.42 Å². The Morgan fingerprint density at radius 2 is 2.12 bits per heavy atom. The van der Waals surface area contributed by atoms with Crippen molar-refractivity contribution in [3.05, 3.63) is 18.0 Å². The molecule has 0 aliphatic carbocycles. The summed E-state index contributed by atoms with van der Waals surface area (Å²) in [5.41, 5.74) is 6.35. The topological polar surface area (TPSA) is 68.3 Å². The zero-order chi connectivity index (χ0) is 13.1. The lowest BCUT2D eigenvalue weighted by molar-refractivity contribution is 0.459. The number of hydrogen-bond donors (Lipinski definition) is 1. The molecule has 1 heterocycles. The Hall–Kier alpha value is -0.850. The van der Waals surface area contributed by atoms with E-state index in [1.807, 2.05) is 6.92 Å². The molecule has 98 valence electrons. The van der Waals surface area contributed by atoms with E-state index in [1.54, 1.807) is 30.9 Å². The predicted molar refractivity (Wildman–Crippen MR) is 68.0 cm³/mol. The summed E-state index contributed by atoms with van der Waals surface area (Å²) in [6, 6.07) is 1.64. The van der Waals surface area contributed by atoms with Gasteiger partial charge in [0.1, 0.15) is 4.90 Å². The van der Waals surface area contributed by atoms with Crippen LogP contribution in [0.4, 0.5) is 0 Å². The summed E-state index contributed by atoms with van der Waals surface area (Å²) in [6.07, 6.45) is 3.45. The van der Waals surface area contributed by atoms with Gasteiger partial charge in [-0.1, -0.05) is 13.3 Å². The minimum Gasteiger partial charge on any atom is -0.352 e. The van der Waals surface area contributed by atoms with Crippen LogP contribution in [0.1, 0.15) is 25.5 Å². The highest BCUT2D eigenvalue weighted by Gasteiger charge is 2.22. The molecule has 17 heavy (non-hydrogen) atoms. The average molecular weight is 259 g/mol. The van der Waals surface area contributed by atoms with Gasteiger partial charge in [-0.05, 0) is 12.5 Å². The second kappa shape index (κ2) is 5.66. The predicted octanol–water partition coefficient (Wildman–Crippen LogP) is 0.904. The second-order valence-electron chi connectivity index (χ2n) is 4.16. The molecule has 5 nitrogen and oxygen atoms in total. The molecule has 0 saturated carbocycles. The number of nitrogens with zero attached hydrogens (tertiary/aromatic N) is 2. The summed E-state index contributed by atoms with van der Waals surface area (Å²) in [6.45, 7) is 2.92. The molecule has 0 aromatic carbocycles. The average Bonchev–Trinajstić information content (AvgIpc) is 2.67. The summed E-state index contributed by atoms with van der Waals surface area (Å²) in [5, 5.41) is 0. The lowest BCUT2D eigenvalue weighted by Gasteiger charge is -2.15. The first-order valence-electron chi connectivity index (χ1n) is 5.75. The number of nitrogens with two attached hydrogens (primary N) is 1. The molecule has 0 aliphatic heterocycles. The second-order valence-corrected chi connectivity index (χ2v) is 6.21. The van der Waals surface area contributed by atoms with Crippen molar-refractivity contribution in [1.82, 2.24) is 8.87 Å². The van der Waals surface area contributed by atoms with Gasteiger partial charge in [0.25, 0.3) is 0 Å². The van der Waals surface area contributed by atoms with Gasteiger partial charge in [0.05, 0.1) is 0 Å². The molecule has 0 amide bonds. The molecule has 0 radical (unpaired) electrons. The smallest absolute Gasteiger partial charge is 0.244 e. The summed E-state index contributed by atoms with van der Waals surface area (Å²) >= 11 is 0. The highest BCUT2D eigenvalue weighted by atomic mass is 32.2. The highest BCUT2D eigenvalue weighted by Crippen LogP contribution is 2.17. The van der Waals surface area contributed by atoms with E-state index in [1.165, 1.54) is 4.31 Å². The van der Waals surface area contributed by atoms with Crippen molar-refractivity contribution in [1.29, 1.82) is 0 Å². The number of aromatic nitrogens is 1. The fourth-order valence-electron chi connectivity index (χ4n) is 1.60. The Morgan fingerprint density at radius 1 is 1.47 bits per heavy atom. The number of rotatable bonds is 6. The van der Waals surface area contributed by atoms with E-state index < -0.39 is 10.0 Å². The molecule has 2 N–H and O–H groups in total. The molecule has 6 heteroatoms. The van der Waals surface area contributed by atoms with Crippen LogP contribution in [0.15, 0.2) is 17.2 Å². The van der Waals surface area contributed by atoms with Crippen molar-refractivity contribution >= 4 is 10.0 Å². The van der Waals surface area contributed by atoms with Gasteiger partial charge in [-0.25, -0.2) is 12.7 Å². The van der Waals surface area contributed by atoms with Gasteiger partial charge >= 0.3 is 0 Å². The highest BCUT2D eigenvalue weighted by molar-refractivity contribution is 7.89.